The van der Waals surface area contributed by atoms with Crippen LogP contribution in [0.2, 0.25) is 5.02 Å². The summed E-state index contributed by atoms with van der Waals surface area (Å²) in [4.78, 5) is 27.4. The van der Waals surface area contributed by atoms with Crippen molar-refractivity contribution in [3.8, 4) is 5.75 Å². The van der Waals surface area contributed by atoms with E-state index in [1.54, 1.807) is 18.2 Å². The lowest BCUT2D eigenvalue weighted by Crippen LogP contribution is -2.34. The maximum atomic E-state index is 13.0. The standard InChI is InChI=1S/C23H27ClN2O3/c1-17-7-6-8-18(15-17)23(28)26-12-3-2-11-25-22(27)20-16-19(24)9-10-21(20)29-14-5-4-13-26/h6-10,15-16H,2-5,11-14H2,1H3,(H,25,27). The summed E-state index contributed by atoms with van der Waals surface area (Å²) in [6, 6.07) is 12.8. The van der Waals surface area contributed by atoms with Gasteiger partial charge in [-0.05, 0) is 62.9 Å². The highest BCUT2D eigenvalue weighted by Crippen LogP contribution is 2.23. The first kappa shape index (κ1) is 21.2. The first-order valence-electron chi connectivity index (χ1n) is 10.1. The molecule has 0 saturated carbocycles. The van der Waals surface area contributed by atoms with E-state index in [9.17, 15) is 9.59 Å². The SMILES string of the molecule is Cc1cccc(C(=O)N2CCCCNC(=O)c3cc(Cl)ccc3OCCCC2)c1. The molecule has 0 atom stereocenters. The second-order valence-corrected chi connectivity index (χ2v) is 7.76. The van der Waals surface area contributed by atoms with Crippen molar-refractivity contribution in [1.82, 2.24) is 10.2 Å². The molecule has 1 heterocycles. The number of hydrogen-bond acceptors (Lipinski definition) is 3. The normalized spacial score (nSPS) is 16.2. The number of carbonyl (C=O) groups excluding carboxylic acids is 2. The minimum atomic E-state index is -0.188. The summed E-state index contributed by atoms with van der Waals surface area (Å²) in [6.07, 6.45) is 3.25. The molecule has 0 aliphatic carbocycles. The van der Waals surface area contributed by atoms with Crippen LogP contribution in [0.1, 0.15) is 52.0 Å². The van der Waals surface area contributed by atoms with Crippen LogP contribution in [-0.2, 0) is 0 Å². The number of carbonyl (C=O) groups is 2. The van der Waals surface area contributed by atoms with Crippen molar-refractivity contribution in [2.24, 2.45) is 0 Å². The number of halogens is 1. The fourth-order valence-corrected chi connectivity index (χ4v) is 3.56. The lowest BCUT2D eigenvalue weighted by molar-refractivity contribution is 0.0745. The van der Waals surface area contributed by atoms with Crippen molar-refractivity contribution in [2.75, 3.05) is 26.2 Å². The molecule has 0 spiro atoms. The van der Waals surface area contributed by atoms with Gasteiger partial charge in [0.15, 0.2) is 0 Å². The third kappa shape index (κ3) is 5.97. The van der Waals surface area contributed by atoms with Crippen molar-refractivity contribution in [2.45, 2.75) is 32.6 Å². The zero-order valence-corrected chi connectivity index (χ0v) is 17.5. The first-order valence-corrected chi connectivity index (χ1v) is 10.5. The molecule has 6 heteroatoms. The largest absolute Gasteiger partial charge is 0.493 e. The zero-order chi connectivity index (χ0) is 20.6. The van der Waals surface area contributed by atoms with Gasteiger partial charge in [-0.25, -0.2) is 0 Å². The van der Waals surface area contributed by atoms with Gasteiger partial charge in [0.25, 0.3) is 11.8 Å². The maximum absolute atomic E-state index is 13.0. The van der Waals surface area contributed by atoms with E-state index in [-0.39, 0.29) is 11.8 Å². The molecule has 1 aliphatic rings. The minimum Gasteiger partial charge on any atom is -0.493 e. The Balaban J connectivity index is 1.68. The first-order chi connectivity index (χ1) is 14.0. The molecule has 0 saturated heterocycles. The van der Waals surface area contributed by atoms with Gasteiger partial charge in [-0.2, -0.15) is 0 Å². The Morgan fingerprint density at radius 3 is 2.66 bits per heavy atom. The quantitative estimate of drug-likeness (QED) is 0.748. The third-order valence-electron chi connectivity index (χ3n) is 4.96. The number of benzene rings is 2. The summed E-state index contributed by atoms with van der Waals surface area (Å²) >= 11 is 6.05. The second-order valence-electron chi connectivity index (χ2n) is 7.32. The lowest BCUT2D eigenvalue weighted by atomic mass is 10.1. The molecular weight excluding hydrogens is 388 g/mol. The predicted molar refractivity (Wildman–Crippen MR) is 115 cm³/mol. The fraction of sp³-hybridized carbons (Fsp3) is 0.391. The van der Waals surface area contributed by atoms with Crippen LogP contribution in [0.4, 0.5) is 0 Å². The Hall–Kier alpha value is -2.53. The molecule has 2 amide bonds. The fourth-order valence-electron chi connectivity index (χ4n) is 3.39. The number of nitrogens with zero attached hydrogens (tertiary/aromatic N) is 1. The van der Waals surface area contributed by atoms with Crippen LogP contribution in [-0.4, -0.2) is 43.0 Å². The molecule has 5 nitrogen and oxygen atoms in total. The molecule has 29 heavy (non-hydrogen) atoms. The predicted octanol–water partition coefficient (Wildman–Crippen LogP) is 4.47. The third-order valence-corrected chi connectivity index (χ3v) is 5.19. The number of ether oxygens (including phenoxy) is 1. The van der Waals surface area contributed by atoms with Crippen LogP contribution in [0.5, 0.6) is 5.75 Å². The van der Waals surface area contributed by atoms with E-state index in [4.69, 9.17) is 16.3 Å². The topological polar surface area (TPSA) is 58.6 Å². The number of amides is 2. The molecule has 2 aromatic rings. The van der Waals surface area contributed by atoms with Crippen LogP contribution in [0.25, 0.3) is 0 Å². The van der Waals surface area contributed by atoms with Crippen LogP contribution < -0.4 is 10.1 Å². The Kier molecular flexibility index (Phi) is 7.53. The summed E-state index contributed by atoms with van der Waals surface area (Å²) in [5, 5.41) is 3.43. The molecule has 0 fully saturated rings. The minimum absolute atomic E-state index is 0.0609. The van der Waals surface area contributed by atoms with Gasteiger partial charge < -0.3 is 15.0 Å². The van der Waals surface area contributed by atoms with Crippen molar-refractivity contribution < 1.29 is 14.3 Å². The molecule has 1 aliphatic heterocycles. The molecular formula is C23H27ClN2O3. The second kappa shape index (κ2) is 10.3. The molecule has 1 N–H and O–H groups in total. The number of rotatable bonds is 1. The van der Waals surface area contributed by atoms with E-state index in [0.717, 1.165) is 36.8 Å². The van der Waals surface area contributed by atoms with Gasteiger partial charge in [0, 0.05) is 30.2 Å². The Bertz CT molecular complexity index is 869. The van der Waals surface area contributed by atoms with Crippen molar-refractivity contribution in [3.63, 3.8) is 0 Å². The van der Waals surface area contributed by atoms with E-state index >= 15 is 0 Å². The van der Waals surface area contributed by atoms with E-state index in [0.29, 0.717) is 42.6 Å². The Morgan fingerprint density at radius 1 is 1.07 bits per heavy atom. The molecule has 0 bridgehead atoms. The highest BCUT2D eigenvalue weighted by Gasteiger charge is 2.17. The average molecular weight is 415 g/mol. The van der Waals surface area contributed by atoms with Gasteiger partial charge in [0.1, 0.15) is 5.75 Å². The van der Waals surface area contributed by atoms with Crippen molar-refractivity contribution >= 4 is 23.4 Å². The van der Waals surface area contributed by atoms with Gasteiger partial charge in [-0.3, -0.25) is 9.59 Å². The summed E-state index contributed by atoms with van der Waals surface area (Å²) in [6.45, 7) is 4.37. The highest BCUT2D eigenvalue weighted by molar-refractivity contribution is 6.31. The van der Waals surface area contributed by atoms with E-state index in [1.165, 1.54) is 0 Å². The maximum Gasteiger partial charge on any atom is 0.255 e. The summed E-state index contributed by atoms with van der Waals surface area (Å²) < 4.78 is 5.83. The summed E-state index contributed by atoms with van der Waals surface area (Å²) in [5.74, 6) is 0.412. The molecule has 2 aromatic carbocycles. The lowest BCUT2D eigenvalue weighted by Gasteiger charge is -2.23. The smallest absolute Gasteiger partial charge is 0.255 e. The van der Waals surface area contributed by atoms with Gasteiger partial charge in [-0.15, -0.1) is 0 Å². The molecule has 0 unspecified atom stereocenters. The summed E-state index contributed by atoms with van der Waals surface area (Å²) in [5.41, 5.74) is 2.26. The van der Waals surface area contributed by atoms with E-state index in [2.05, 4.69) is 5.32 Å². The molecule has 154 valence electrons. The Labute approximate surface area is 177 Å². The number of hydrogen-bond donors (Lipinski definition) is 1. The highest BCUT2D eigenvalue weighted by atomic mass is 35.5. The Morgan fingerprint density at radius 2 is 1.86 bits per heavy atom. The van der Waals surface area contributed by atoms with Gasteiger partial charge in [0.05, 0.1) is 12.2 Å². The van der Waals surface area contributed by atoms with Crippen LogP contribution in [0.3, 0.4) is 0 Å². The van der Waals surface area contributed by atoms with E-state index < -0.39 is 0 Å². The average Bonchev–Trinajstić information content (AvgIpc) is 2.71. The zero-order valence-electron chi connectivity index (χ0n) is 16.7. The van der Waals surface area contributed by atoms with Crippen LogP contribution >= 0.6 is 11.6 Å². The number of aryl methyl sites for hydroxylation is 1. The number of nitrogens with one attached hydrogen (secondary N) is 1. The summed E-state index contributed by atoms with van der Waals surface area (Å²) in [7, 11) is 0. The molecule has 0 radical (unpaired) electrons. The molecule has 0 aromatic heterocycles. The monoisotopic (exact) mass is 414 g/mol. The van der Waals surface area contributed by atoms with Crippen molar-refractivity contribution in [3.05, 3.63) is 64.2 Å². The van der Waals surface area contributed by atoms with Gasteiger partial charge in [0.2, 0.25) is 0 Å². The van der Waals surface area contributed by atoms with E-state index in [1.807, 2.05) is 36.1 Å². The van der Waals surface area contributed by atoms with Crippen LogP contribution in [0.15, 0.2) is 42.5 Å². The van der Waals surface area contributed by atoms with Crippen molar-refractivity contribution in [1.29, 1.82) is 0 Å². The van der Waals surface area contributed by atoms with Gasteiger partial charge >= 0.3 is 0 Å². The van der Waals surface area contributed by atoms with Crippen LogP contribution in [0, 0.1) is 6.92 Å². The molecule has 3 rings (SSSR count). The number of fused-ring (bicyclic) bond motifs is 1. The van der Waals surface area contributed by atoms with Gasteiger partial charge in [-0.1, -0.05) is 29.3 Å².